The molecule has 0 saturated carbocycles. The number of esters is 1. The third-order valence-electron chi connectivity index (χ3n) is 4.08. The van der Waals surface area contributed by atoms with Gasteiger partial charge in [0.15, 0.2) is 5.71 Å². The van der Waals surface area contributed by atoms with Crippen LogP contribution in [0.2, 0.25) is 5.02 Å². The van der Waals surface area contributed by atoms with Gasteiger partial charge in [0.2, 0.25) is 5.72 Å². The molecule has 5 heteroatoms. The zero-order chi connectivity index (χ0) is 17.3. The van der Waals surface area contributed by atoms with Gasteiger partial charge in [0.25, 0.3) is 0 Å². The summed E-state index contributed by atoms with van der Waals surface area (Å²) in [5.74, 6) is 0.230. The van der Waals surface area contributed by atoms with Crippen molar-refractivity contribution in [3.05, 3.63) is 94.9 Å². The van der Waals surface area contributed by atoms with Gasteiger partial charge in [-0.05, 0) is 24.3 Å². The number of carbonyl (C=O) groups excluding carboxylic acids is 1. The minimum atomic E-state index is -1.16. The molecule has 0 amide bonds. The molecule has 1 atom stereocenters. The van der Waals surface area contributed by atoms with Crippen LogP contribution in [0.25, 0.3) is 0 Å². The van der Waals surface area contributed by atoms with Crippen molar-refractivity contribution in [1.29, 1.82) is 0 Å². The zero-order valence-corrected chi connectivity index (χ0v) is 13.9. The van der Waals surface area contributed by atoms with Crippen molar-refractivity contribution in [2.45, 2.75) is 12.1 Å². The summed E-state index contributed by atoms with van der Waals surface area (Å²) >= 11 is 6.00. The molecule has 0 N–H and O–H groups in total. The molecule has 0 radical (unpaired) electrons. The van der Waals surface area contributed by atoms with E-state index in [1.54, 1.807) is 24.5 Å². The Balaban J connectivity index is 1.82. The lowest BCUT2D eigenvalue weighted by atomic mass is 9.98. The first-order chi connectivity index (χ1) is 12.2. The number of furan rings is 1. The SMILES string of the molecule is O=C1OC(Cc2ccco2)(c2ccc(Cl)cc2)N=C1c1ccccc1. The van der Waals surface area contributed by atoms with Crippen LogP contribution in [0.4, 0.5) is 0 Å². The van der Waals surface area contributed by atoms with Gasteiger partial charge < -0.3 is 9.15 Å². The minimum absolute atomic E-state index is 0.308. The Labute approximate surface area is 149 Å². The van der Waals surface area contributed by atoms with Crippen LogP contribution in [0.15, 0.2) is 82.4 Å². The van der Waals surface area contributed by atoms with Crippen LogP contribution in [0.1, 0.15) is 16.9 Å². The predicted molar refractivity (Wildman–Crippen MR) is 94.6 cm³/mol. The van der Waals surface area contributed by atoms with Gasteiger partial charge in [0.1, 0.15) is 5.76 Å². The number of halogens is 1. The summed E-state index contributed by atoms with van der Waals surface area (Å²) < 4.78 is 11.2. The van der Waals surface area contributed by atoms with Crippen LogP contribution in [0.5, 0.6) is 0 Å². The van der Waals surface area contributed by atoms with Gasteiger partial charge in [-0.1, -0.05) is 54.1 Å². The third-order valence-corrected chi connectivity index (χ3v) is 4.34. The maximum Gasteiger partial charge on any atom is 0.359 e. The van der Waals surface area contributed by atoms with Gasteiger partial charge in [0.05, 0.1) is 12.7 Å². The highest BCUT2D eigenvalue weighted by Crippen LogP contribution is 2.37. The number of aliphatic imine (C=N–C) groups is 1. The quantitative estimate of drug-likeness (QED) is 0.656. The Morgan fingerprint density at radius 2 is 1.72 bits per heavy atom. The number of cyclic esters (lactones) is 1. The van der Waals surface area contributed by atoms with Crippen LogP contribution in [-0.4, -0.2) is 11.7 Å². The first-order valence-corrected chi connectivity index (χ1v) is 8.21. The van der Waals surface area contributed by atoms with E-state index in [2.05, 4.69) is 4.99 Å². The summed E-state index contributed by atoms with van der Waals surface area (Å²) in [4.78, 5) is 17.2. The standard InChI is InChI=1S/C20H14ClNO3/c21-16-10-8-15(9-11-16)20(13-17-7-4-12-24-17)22-18(19(23)25-20)14-5-2-1-3-6-14/h1-12H,13H2. The minimum Gasteiger partial charge on any atom is -0.469 e. The third kappa shape index (κ3) is 2.96. The van der Waals surface area contributed by atoms with E-state index in [-0.39, 0.29) is 0 Å². The van der Waals surface area contributed by atoms with E-state index in [0.717, 1.165) is 11.1 Å². The van der Waals surface area contributed by atoms with E-state index < -0.39 is 11.7 Å². The first kappa shape index (κ1) is 15.7. The summed E-state index contributed by atoms with van der Waals surface area (Å²) in [5.41, 5.74) is 0.613. The van der Waals surface area contributed by atoms with Crippen molar-refractivity contribution in [3.8, 4) is 0 Å². The molecule has 2 aromatic carbocycles. The Kier molecular flexibility index (Phi) is 3.90. The molecule has 3 aromatic rings. The Hall–Kier alpha value is -2.85. The van der Waals surface area contributed by atoms with Crippen LogP contribution in [0, 0.1) is 0 Å². The molecule has 0 saturated heterocycles. The smallest absolute Gasteiger partial charge is 0.359 e. The molecular formula is C20H14ClNO3. The van der Waals surface area contributed by atoms with Gasteiger partial charge in [-0.25, -0.2) is 9.79 Å². The summed E-state index contributed by atoms with van der Waals surface area (Å²) in [7, 11) is 0. The Morgan fingerprint density at radius 3 is 2.40 bits per heavy atom. The van der Waals surface area contributed by atoms with E-state index in [4.69, 9.17) is 20.8 Å². The average molecular weight is 352 g/mol. The summed E-state index contributed by atoms with van der Waals surface area (Å²) in [5, 5.41) is 0.605. The number of carbonyl (C=O) groups is 1. The second-order valence-corrected chi connectivity index (χ2v) is 6.20. The van der Waals surface area contributed by atoms with Crippen molar-refractivity contribution in [1.82, 2.24) is 0 Å². The first-order valence-electron chi connectivity index (χ1n) is 7.83. The maximum atomic E-state index is 12.5. The van der Waals surface area contributed by atoms with Gasteiger partial charge in [0, 0.05) is 16.1 Å². The molecule has 2 heterocycles. The average Bonchev–Trinajstić information content (AvgIpc) is 3.25. The highest BCUT2D eigenvalue weighted by molar-refractivity contribution is 6.44. The van der Waals surface area contributed by atoms with Crippen molar-refractivity contribution in [3.63, 3.8) is 0 Å². The predicted octanol–water partition coefficient (Wildman–Crippen LogP) is 4.37. The highest BCUT2D eigenvalue weighted by Gasteiger charge is 2.44. The van der Waals surface area contributed by atoms with Crippen molar-refractivity contribution in [2.24, 2.45) is 4.99 Å². The lowest BCUT2D eigenvalue weighted by Gasteiger charge is -2.24. The molecule has 1 aromatic heterocycles. The summed E-state index contributed by atoms with van der Waals surface area (Å²) in [6, 6.07) is 20.1. The fourth-order valence-electron chi connectivity index (χ4n) is 2.89. The molecule has 25 heavy (non-hydrogen) atoms. The van der Waals surface area contributed by atoms with Crippen LogP contribution >= 0.6 is 11.6 Å². The second-order valence-electron chi connectivity index (χ2n) is 5.76. The Morgan fingerprint density at radius 1 is 0.960 bits per heavy atom. The van der Waals surface area contributed by atoms with E-state index in [1.165, 1.54) is 0 Å². The summed E-state index contributed by atoms with van der Waals surface area (Å²) in [6.45, 7) is 0. The van der Waals surface area contributed by atoms with E-state index in [0.29, 0.717) is 22.9 Å². The number of benzene rings is 2. The summed E-state index contributed by atoms with van der Waals surface area (Å²) in [6.07, 6.45) is 1.90. The van der Waals surface area contributed by atoms with E-state index in [9.17, 15) is 4.79 Å². The zero-order valence-electron chi connectivity index (χ0n) is 13.2. The fraction of sp³-hybridized carbons (Fsp3) is 0.100. The van der Waals surface area contributed by atoms with Gasteiger partial charge in [-0.15, -0.1) is 0 Å². The van der Waals surface area contributed by atoms with Crippen molar-refractivity contribution < 1.29 is 13.9 Å². The van der Waals surface area contributed by atoms with Crippen molar-refractivity contribution >= 4 is 23.3 Å². The highest BCUT2D eigenvalue weighted by atomic mass is 35.5. The second kappa shape index (κ2) is 6.22. The molecule has 1 aliphatic rings. The van der Waals surface area contributed by atoms with E-state index >= 15 is 0 Å². The van der Waals surface area contributed by atoms with Crippen LogP contribution in [0.3, 0.4) is 0 Å². The number of nitrogens with zero attached hydrogens (tertiary/aromatic N) is 1. The normalized spacial score (nSPS) is 19.6. The molecule has 0 aliphatic carbocycles. The molecule has 124 valence electrons. The molecule has 1 aliphatic heterocycles. The van der Waals surface area contributed by atoms with Crippen LogP contribution < -0.4 is 0 Å². The number of rotatable bonds is 4. The van der Waals surface area contributed by atoms with Gasteiger partial charge >= 0.3 is 5.97 Å². The molecule has 0 bridgehead atoms. The molecule has 4 rings (SSSR count). The van der Waals surface area contributed by atoms with E-state index in [1.807, 2.05) is 48.5 Å². The lowest BCUT2D eigenvalue weighted by Crippen LogP contribution is -2.28. The molecule has 1 unspecified atom stereocenters. The monoisotopic (exact) mass is 351 g/mol. The largest absolute Gasteiger partial charge is 0.469 e. The number of hydrogen-bond acceptors (Lipinski definition) is 4. The van der Waals surface area contributed by atoms with Gasteiger partial charge in [-0.2, -0.15) is 0 Å². The molecule has 4 nitrogen and oxygen atoms in total. The lowest BCUT2D eigenvalue weighted by molar-refractivity contribution is -0.147. The molecular weight excluding hydrogens is 338 g/mol. The Bertz CT molecular complexity index is 917. The fourth-order valence-corrected chi connectivity index (χ4v) is 3.02. The number of hydrogen-bond donors (Lipinski definition) is 0. The number of ether oxygens (including phenoxy) is 1. The molecule has 0 fully saturated rings. The van der Waals surface area contributed by atoms with Gasteiger partial charge in [-0.3, -0.25) is 0 Å². The molecule has 0 spiro atoms. The maximum absolute atomic E-state index is 12.5. The topological polar surface area (TPSA) is 51.8 Å². The van der Waals surface area contributed by atoms with Crippen molar-refractivity contribution in [2.75, 3.05) is 0 Å². The van der Waals surface area contributed by atoms with Crippen LogP contribution in [-0.2, 0) is 21.7 Å².